The van der Waals surface area contributed by atoms with E-state index >= 15 is 0 Å². The molecule has 0 aliphatic carbocycles. The molecule has 13 heavy (non-hydrogen) atoms. The number of nitrogens with zero attached hydrogens (tertiary/aromatic N) is 1. The third kappa shape index (κ3) is 4.08. The zero-order valence-electron chi connectivity index (χ0n) is 8.33. The Labute approximate surface area is 83.8 Å². The van der Waals surface area contributed by atoms with Crippen LogP contribution in [0.2, 0.25) is 0 Å². The highest BCUT2D eigenvalue weighted by Crippen LogP contribution is 2.21. The highest BCUT2D eigenvalue weighted by molar-refractivity contribution is 8.03. The lowest BCUT2D eigenvalue weighted by molar-refractivity contribution is -0.113. The molecule has 0 radical (unpaired) electrons. The Morgan fingerprint density at radius 3 is 2.54 bits per heavy atom. The third-order valence-electron chi connectivity index (χ3n) is 1.31. The van der Waals surface area contributed by atoms with Crippen LogP contribution >= 0.6 is 11.8 Å². The number of hydrogen-bond donors (Lipinski definition) is 0. The minimum atomic E-state index is -0.0195. The standard InChI is InChI=1S/C10H15NOS/c1-5-9(13-7-3)10(8(4)12)11-6-2/h5-6H,1,7H2,2-4H3/b10-9+,11-6?. The molecule has 0 heterocycles. The summed E-state index contributed by atoms with van der Waals surface area (Å²) in [6.07, 6.45) is 3.30. The van der Waals surface area contributed by atoms with Crippen molar-refractivity contribution in [2.24, 2.45) is 4.99 Å². The Bertz CT molecular complexity index is 254. The van der Waals surface area contributed by atoms with E-state index in [2.05, 4.69) is 11.6 Å². The molecule has 0 aromatic rings. The number of hydrogen-bond acceptors (Lipinski definition) is 3. The number of rotatable bonds is 5. The van der Waals surface area contributed by atoms with Crippen molar-refractivity contribution in [2.45, 2.75) is 20.8 Å². The van der Waals surface area contributed by atoms with Crippen molar-refractivity contribution >= 4 is 23.8 Å². The smallest absolute Gasteiger partial charge is 0.179 e. The Morgan fingerprint density at radius 1 is 1.62 bits per heavy atom. The summed E-state index contributed by atoms with van der Waals surface area (Å²) >= 11 is 1.58. The van der Waals surface area contributed by atoms with Crippen LogP contribution in [-0.4, -0.2) is 17.8 Å². The van der Waals surface area contributed by atoms with Crippen molar-refractivity contribution in [3.05, 3.63) is 23.3 Å². The quantitative estimate of drug-likeness (QED) is 0.385. The number of ketones is 1. The maximum Gasteiger partial charge on any atom is 0.179 e. The molecular weight excluding hydrogens is 182 g/mol. The van der Waals surface area contributed by atoms with E-state index < -0.39 is 0 Å². The van der Waals surface area contributed by atoms with Gasteiger partial charge in [0.2, 0.25) is 0 Å². The van der Waals surface area contributed by atoms with E-state index in [0.717, 1.165) is 10.7 Å². The molecule has 0 aromatic heterocycles. The summed E-state index contributed by atoms with van der Waals surface area (Å²) in [7, 11) is 0. The molecular formula is C10H15NOS. The van der Waals surface area contributed by atoms with Gasteiger partial charge in [0.25, 0.3) is 0 Å². The molecule has 3 heteroatoms. The van der Waals surface area contributed by atoms with Gasteiger partial charge in [-0.3, -0.25) is 9.79 Å². The first-order valence-corrected chi connectivity index (χ1v) is 5.15. The molecule has 0 saturated heterocycles. The van der Waals surface area contributed by atoms with Gasteiger partial charge >= 0.3 is 0 Å². The van der Waals surface area contributed by atoms with Crippen LogP contribution in [0.4, 0.5) is 0 Å². The lowest BCUT2D eigenvalue weighted by Gasteiger charge is -2.02. The molecule has 0 amide bonds. The molecule has 0 atom stereocenters. The molecule has 0 bridgehead atoms. The summed E-state index contributed by atoms with van der Waals surface area (Å²) < 4.78 is 0. The summed E-state index contributed by atoms with van der Waals surface area (Å²) in [6.45, 7) is 9.00. The molecule has 0 aliphatic heterocycles. The SMILES string of the molecule is C=C/C(SCC)=C(\N=CC)C(C)=O. The maximum absolute atomic E-state index is 11.2. The van der Waals surface area contributed by atoms with Crippen molar-refractivity contribution in [1.82, 2.24) is 0 Å². The monoisotopic (exact) mass is 197 g/mol. The largest absolute Gasteiger partial charge is 0.293 e. The predicted octanol–water partition coefficient (Wildman–Crippen LogP) is 2.82. The Morgan fingerprint density at radius 2 is 2.23 bits per heavy atom. The van der Waals surface area contributed by atoms with E-state index in [1.807, 2.05) is 6.92 Å². The van der Waals surface area contributed by atoms with Gasteiger partial charge in [0.1, 0.15) is 5.70 Å². The lowest BCUT2D eigenvalue weighted by atomic mass is 10.3. The Hall–Kier alpha value is -0.830. The van der Waals surface area contributed by atoms with Crippen LogP contribution in [0.1, 0.15) is 20.8 Å². The van der Waals surface area contributed by atoms with Crippen molar-refractivity contribution in [3.63, 3.8) is 0 Å². The number of carbonyl (C=O) groups is 1. The first-order valence-electron chi connectivity index (χ1n) is 4.16. The minimum Gasteiger partial charge on any atom is -0.293 e. The molecule has 0 unspecified atom stereocenters. The van der Waals surface area contributed by atoms with Gasteiger partial charge in [0, 0.05) is 18.0 Å². The number of aliphatic imine (C=N–C) groups is 1. The zero-order chi connectivity index (χ0) is 10.3. The van der Waals surface area contributed by atoms with E-state index in [1.165, 1.54) is 6.92 Å². The highest BCUT2D eigenvalue weighted by atomic mass is 32.2. The van der Waals surface area contributed by atoms with E-state index in [-0.39, 0.29) is 5.78 Å². The van der Waals surface area contributed by atoms with E-state index in [9.17, 15) is 4.79 Å². The maximum atomic E-state index is 11.2. The van der Waals surface area contributed by atoms with Crippen LogP contribution in [0.3, 0.4) is 0 Å². The van der Waals surface area contributed by atoms with Gasteiger partial charge in [-0.2, -0.15) is 0 Å². The molecule has 0 saturated carbocycles. The van der Waals surface area contributed by atoms with Crippen LogP contribution in [0.25, 0.3) is 0 Å². The predicted molar refractivity (Wildman–Crippen MR) is 60.2 cm³/mol. The van der Waals surface area contributed by atoms with Gasteiger partial charge in [0.15, 0.2) is 5.78 Å². The van der Waals surface area contributed by atoms with Crippen LogP contribution in [-0.2, 0) is 4.79 Å². The topological polar surface area (TPSA) is 29.4 Å². The number of thioether (sulfide) groups is 1. The first kappa shape index (κ1) is 12.2. The molecule has 72 valence electrons. The summed E-state index contributed by atoms with van der Waals surface area (Å²) in [5, 5.41) is 0. The molecule has 2 nitrogen and oxygen atoms in total. The van der Waals surface area contributed by atoms with Crippen LogP contribution in [0.5, 0.6) is 0 Å². The van der Waals surface area contributed by atoms with Gasteiger partial charge < -0.3 is 0 Å². The van der Waals surface area contributed by atoms with Crippen LogP contribution in [0.15, 0.2) is 28.2 Å². The second-order valence-electron chi connectivity index (χ2n) is 2.29. The molecule has 0 rings (SSSR count). The van der Waals surface area contributed by atoms with E-state index in [4.69, 9.17) is 0 Å². The van der Waals surface area contributed by atoms with Crippen molar-refractivity contribution in [1.29, 1.82) is 0 Å². The number of carbonyl (C=O) groups excluding carboxylic acids is 1. The molecule has 0 aromatic carbocycles. The summed E-state index contributed by atoms with van der Waals surface area (Å²) in [5.74, 6) is 0.895. The zero-order valence-corrected chi connectivity index (χ0v) is 9.15. The van der Waals surface area contributed by atoms with E-state index in [0.29, 0.717) is 5.70 Å². The Kier molecular flexibility index (Phi) is 6.24. The first-order chi connectivity index (χ1) is 6.17. The van der Waals surface area contributed by atoms with Crippen LogP contribution in [0, 0.1) is 0 Å². The highest BCUT2D eigenvalue weighted by Gasteiger charge is 2.06. The fourth-order valence-corrected chi connectivity index (χ4v) is 1.60. The van der Waals surface area contributed by atoms with Crippen molar-refractivity contribution in [2.75, 3.05) is 5.75 Å². The molecule has 0 N–H and O–H groups in total. The average Bonchev–Trinajstić information content (AvgIpc) is 2.10. The molecule has 0 fully saturated rings. The normalized spacial score (nSPS) is 12.8. The van der Waals surface area contributed by atoms with Crippen LogP contribution < -0.4 is 0 Å². The Balaban J connectivity index is 4.99. The van der Waals surface area contributed by atoms with Gasteiger partial charge in [0.05, 0.1) is 0 Å². The summed E-state index contributed by atoms with van der Waals surface area (Å²) in [6, 6.07) is 0. The summed E-state index contributed by atoms with van der Waals surface area (Å²) in [4.78, 5) is 16.1. The van der Waals surface area contributed by atoms with Crippen molar-refractivity contribution < 1.29 is 4.79 Å². The van der Waals surface area contributed by atoms with Gasteiger partial charge in [-0.05, 0) is 12.7 Å². The average molecular weight is 197 g/mol. The second kappa shape index (κ2) is 6.66. The van der Waals surface area contributed by atoms with E-state index in [1.54, 1.807) is 31.0 Å². The lowest BCUT2D eigenvalue weighted by Crippen LogP contribution is -1.96. The van der Waals surface area contributed by atoms with Gasteiger partial charge in [-0.15, -0.1) is 11.8 Å². The minimum absolute atomic E-state index is 0.0195. The molecule has 0 aliphatic rings. The fraction of sp³-hybridized carbons (Fsp3) is 0.400. The fourth-order valence-electron chi connectivity index (χ4n) is 0.837. The number of allylic oxidation sites excluding steroid dienone is 2. The van der Waals surface area contributed by atoms with Crippen molar-refractivity contribution in [3.8, 4) is 0 Å². The number of Topliss-reactive ketones (excluding diaryl/α,β-unsaturated/α-hetero) is 1. The van der Waals surface area contributed by atoms with Gasteiger partial charge in [-0.1, -0.05) is 19.6 Å². The third-order valence-corrected chi connectivity index (χ3v) is 2.27. The molecule has 0 spiro atoms. The summed E-state index contributed by atoms with van der Waals surface area (Å²) in [5.41, 5.74) is 0.504. The van der Waals surface area contributed by atoms with Gasteiger partial charge in [-0.25, -0.2) is 0 Å². The second-order valence-corrected chi connectivity index (χ2v) is 3.60.